The fraction of sp³-hybridized carbons (Fsp3) is 1.00. The summed E-state index contributed by atoms with van der Waals surface area (Å²) in [5.41, 5.74) is 0. The van der Waals surface area contributed by atoms with E-state index < -0.39 is 10.0 Å². The van der Waals surface area contributed by atoms with Crippen molar-refractivity contribution in [3.8, 4) is 0 Å². The van der Waals surface area contributed by atoms with Gasteiger partial charge in [0.25, 0.3) is 0 Å². The second kappa shape index (κ2) is 15.6. The lowest BCUT2D eigenvalue weighted by Crippen LogP contribution is -1.93. The van der Waals surface area contributed by atoms with Crippen molar-refractivity contribution in [1.82, 2.24) is 0 Å². The van der Waals surface area contributed by atoms with E-state index >= 15 is 0 Å². The molecule has 0 rings (SSSR count). The van der Waals surface area contributed by atoms with Crippen LogP contribution in [0.25, 0.3) is 0 Å². The van der Waals surface area contributed by atoms with E-state index in [0.29, 0.717) is 0 Å². The average Bonchev–Trinajstić information content (AvgIpc) is 1.71. The Kier molecular flexibility index (Phi) is 22.5. The molecule has 0 aromatic heterocycles. The minimum Gasteiger partial charge on any atom is -0.402 e. The van der Waals surface area contributed by atoms with Crippen LogP contribution in [-0.4, -0.2) is 29.6 Å². The summed E-state index contributed by atoms with van der Waals surface area (Å²) in [5.74, 6) is 0. The van der Waals surface area contributed by atoms with Crippen molar-refractivity contribution in [2.45, 2.75) is 0 Å². The molecule has 0 aliphatic heterocycles. The quantitative estimate of drug-likeness (QED) is 0.456. The van der Waals surface area contributed by atoms with Crippen LogP contribution in [0.2, 0.25) is 0 Å². The van der Waals surface area contributed by atoms with Gasteiger partial charge in [-0.3, -0.25) is 0 Å². The van der Waals surface area contributed by atoms with Gasteiger partial charge in [-0.1, -0.05) is 0 Å². The lowest BCUT2D eigenvalue weighted by Gasteiger charge is -1.86. The first kappa shape index (κ1) is 11.5. The van der Waals surface area contributed by atoms with Crippen LogP contribution in [0.1, 0.15) is 0 Å². The molecule has 0 unspecified atom stereocenters. The van der Waals surface area contributed by atoms with E-state index in [1.165, 1.54) is 0 Å². The van der Waals surface area contributed by atoms with Gasteiger partial charge in [0.15, 0.2) is 0 Å². The first-order valence-electron chi connectivity index (χ1n) is 1.93. The lowest BCUT2D eigenvalue weighted by molar-refractivity contribution is 0.309. The van der Waals surface area contributed by atoms with Crippen LogP contribution in [0.15, 0.2) is 0 Å². The van der Waals surface area contributed by atoms with Gasteiger partial charge in [-0.25, -0.2) is 0 Å². The molecule has 0 N–H and O–H groups in total. The standard InChI is InChI=1S/C2H8O2Si.CH2Cl2/c1-3-5-4-2;2-1-3/h5H2,1-2H3;1H2. The summed E-state index contributed by atoms with van der Waals surface area (Å²) < 4.78 is 9.22. The molecule has 0 atom stereocenters. The van der Waals surface area contributed by atoms with Crippen LogP contribution in [0, 0.1) is 0 Å². The van der Waals surface area contributed by atoms with Gasteiger partial charge in [-0.05, 0) is 0 Å². The Bertz CT molecular complexity index is 29.2. The summed E-state index contributed by atoms with van der Waals surface area (Å²) in [6, 6.07) is 0. The Labute approximate surface area is 62.1 Å². The van der Waals surface area contributed by atoms with Gasteiger partial charge in [0.2, 0.25) is 0 Å². The van der Waals surface area contributed by atoms with Crippen molar-refractivity contribution in [3.05, 3.63) is 0 Å². The highest BCUT2D eigenvalue weighted by atomic mass is 35.5. The lowest BCUT2D eigenvalue weighted by atomic mass is 11.8. The van der Waals surface area contributed by atoms with Gasteiger partial charge < -0.3 is 8.85 Å². The summed E-state index contributed by atoms with van der Waals surface area (Å²) in [5, 5.41) is 0.194. The molecule has 0 aromatic carbocycles. The van der Waals surface area contributed by atoms with E-state index in [2.05, 4.69) is 8.85 Å². The fourth-order valence-electron chi connectivity index (χ4n) is 0.118. The summed E-state index contributed by atoms with van der Waals surface area (Å²) in [6.07, 6.45) is 0. The number of hydrogen-bond donors (Lipinski definition) is 0. The first-order valence-corrected chi connectivity index (χ1v) is 4.15. The van der Waals surface area contributed by atoms with Gasteiger partial charge in [-0.15, -0.1) is 23.2 Å². The Morgan fingerprint density at radius 2 is 1.50 bits per heavy atom. The van der Waals surface area contributed by atoms with E-state index in [1.54, 1.807) is 14.2 Å². The monoisotopic (exact) mass is 176 g/mol. The summed E-state index contributed by atoms with van der Waals surface area (Å²) in [4.78, 5) is 0. The Morgan fingerprint density at radius 1 is 1.25 bits per heavy atom. The third-order valence-corrected chi connectivity index (χ3v) is 0.707. The zero-order chi connectivity index (χ0) is 6.83. The Morgan fingerprint density at radius 3 is 1.50 bits per heavy atom. The predicted molar refractivity (Wildman–Crippen MR) is 39.1 cm³/mol. The highest BCUT2D eigenvalue weighted by Crippen LogP contribution is 1.73. The van der Waals surface area contributed by atoms with Gasteiger partial charge in [-0.2, -0.15) is 0 Å². The second-order valence-electron chi connectivity index (χ2n) is 0.796. The van der Waals surface area contributed by atoms with Crippen molar-refractivity contribution in [3.63, 3.8) is 0 Å². The summed E-state index contributed by atoms with van der Waals surface area (Å²) >= 11 is 9.53. The van der Waals surface area contributed by atoms with E-state index in [-0.39, 0.29) is 5.34 Å². The molecule has 5 heteroatoms. The zero-order valence-electron chi connectivity index (χ0n) is 4.99. The molecule has 0 fully saturated rings. The van der Waals surface area contributed by atoms with Gasteiger partial charge in [0.1, 0.15) is 0 Å². The number of alkyl halides is 2. The van der Waals surface area contributed by atoms with Crippen molar-refractivity contribution < 1.29 is 8.85 Å². The maximum atomic E-state index is 4.76. The minimum atomic E-state index is -0.568. The second-order valence-corrected chi connectivity index (χ2v) is 2.99. The Hall–Kier alpha value is 0.717. The molecule has 0 amide bonds. The molecule has 0 heterocycles. The Balaban J connectivity index is 0. The topological polar surface area (TPSA) is 18.5 Å². The van der Waals surface area contributed by atoms with Crippen LogP contribution in [-0.2, 0) is 8.85 Å². The maximum absolute atomic E-state index is 4.76. The molecule has 0 saturated carbocycles. The third-order valence-electron chi connectivity index (χ3n) is 0.236. The molecule has 2 nitrogen and oxygen atoms in total. The van der Waals surface area contributed by atoms with Crippen LogP contribution in [0.4, 0.5) is 0 Å². The zero-order valence-corrected chi connectivity index (χ0v) is 7.91. The molecule has 8 heavy (non-hydrogen) atoms. The molecular weight excluding hydrogens is 167 g/mol. The minimum absolute atomic E-state index is 0.194. The van der Waals surface area contributed by atoms with Crippen LogP contribution in [0.3, 0.4) is 0 Å². The largest absolute Gasteiger partial charge is 0.402 e. The van der Waals surface area contributed by atoms with E-state index in [0.717, 1.165) is 0 Å². The predicted octanol–water partition coefficient (Wildman–Crippen LogP) is 0.699. The molecule has 0 aliphatic carbocycles. The number of hydrogen-bond acceptors (Lipinski definition) is 2. The maximum Gasteiger partial charge on any atom is 0.303 e. The van der Waals surface area contributed by atoms with E-state index in [1.807, 2.05) is 0 Å². The van der Waals surface area contributed by atoms with Gasteiger partial charge in [0.05, 0.1) is 5.34 Å². The highest BCUT2D eigenvalue weighted by Gasteiger charge is 1.67. The molecule has 0 radical (unpaired) electrons. The van der Waals surface area contributed by atoms with Gasteiger partial charge in [0, 0.05) is 14.2 Å². The molecule has 52 valence electrons. The van der Waals surface area contributed by atoms with E-state index in [4.69, 9.17) is 23.2 Å². The van der Waals surface area contributed by atoms with Crippen molar-refractivity contribution in [2.24, 2.45) is 0 Å². The SMILES string of the molecule is CO[SiH2]OC.ClCCl. The molecule has 0 aliphatic rings. The van der Waals surface area contributed by atoms with Gasteiger partial charge >= 0.3 is 10.0 Å². The van der Waals surface area contributed by atoms with Crippen LogP contribution >= 0.6 is 23.2 Å². The first-order chi connectivity index (χ1) is 3.83. The number of halogens is 2. The smallest absolute Gasteiger partial charge is 0.303 e. The molecule has 0 bridgehead atoms. The summed E-state index contributed by atoms with van der Waals surface area (Å²) in [7, 11) is 2.73. The normalized spacial score (nSPS) is 7.50. The molecule has 0 aromatic rings. The van der Waals surface area contributed by atoms with Crippen molar-refractivity contribution in [2.75, 3.05) is 19.6 Å². The van der Waals surface area contributed by atoms with Crippen molar-refractivity contribution in [1.29, 1.82) is 0 Å². The van der Waals surface area contributed by atoms with E-state index in [9.17, 15) is 0 Å². The number of rotatable bonds is 2. The average molecular weight is 177 g/mol. The fourth-order valence-corrected chi connectivity index (χ4v) is 0.354. The summed E-state index contributed by atoms with van der Waals surface area (Å²) in [6.45, 7) is 0. The third kappa shape index (κ3) is 29.7. The van der Waals surface area contributed by atoms with Crippen LogP contribution in [0.5, 0.6) is 0 Å². The van der Waals surface area contributed by atoms with Crippen LogP contribution < -0.4 is 0 Å². The highest BCUT2D eigenvalue weighted by molar-refractivity contribution is 6.40. The molecule has 0 spiro atoms. The molecule has 0 saturated heterocycles. The van der Waals surface area contributed by atoms with Crippen molar-refractivity contribution >= 4 is 33.2 Å². The molecular formula is C3H10Cl2O2Si.